The second-order valence-electron chi connectivity index (χ2n) is 4.48. The van der Waals surface area contributed by atoms with E-state index in [-0.39, 0.29) is 5.97 Å². The zero-order valence-corrected chi connectivity index (χ0v) is 12.6. The third kappa shape index (κ3) is 4.80. The van der Waals surface area contributed by atoms with Crippen LogP contribution in [0.5, 0.6) is 5.75 Å². The number of hydrogen-bond donors (Lipinski definition) is 0. The van der Waals surface area contributed by atoms with Crippen LogP contribution in [0.1, 0.15) is 19.8 Å². The molecule has 0 heterocycles. The summed E-state index contributed by atoms with van der Waals surface area (Å²) in [7, 11) is 0. The van der Waals surface area contributed by atoms with Crippen molar-refractivity contribution in [2.75, 3.05) is 6.61 Å². The van der Waals surface area contributed by atoms with Gasteiger partial charge < -0.3 is 9.47 Å². The summed E-state index contributed by atoms with van der Waals surface area (Å²) in [6.07, 6.45) is 8.88. The van der Waals surface area contributed by atoms with Crippen molar-refractivity contribution in [3.63, 3.8) is 0 Å². The van der Waals surface area contributed by atoms with Gasteiger partial charge in [-0.15, -0.1) is 0 Å². The molecule has 0 saturated carbocycles. The average molecular weight is 305 g/mol. The molecule has 0 saturated heterocycles. The first-order chi connectivity index (χ1) is 10.2. The molecule has 1 aliphatic rings. The van der Waals surface area contributed by atoms with Crippen LogP contribution in [0.2, 0.25) is 5.02 Å². The van der Waals surface area contributed by atoms with E-state index in [4.69, 9.17) is 21.1 Å². The summed E-state index contributed by atoms with van der Waals surface area (Å²) in [5, 5.41) is 0.622. The molecule has 0 bridgehead atoms. The molecule has 0 radical (unpaired) electrons. The Morgan fingerprint density at radius 1 is 1.43 bits per heavy atom. The van der Waals surface area contributed by atoms with E-state index in [2.05, 4.69) is 0 Å². The average Bonchev–Trinajstić information content (AvgIpc) is 2.47. The summed E-state index contributed by atoms with van der Waals surface area (Å²) in [5.41, 5.74) is 0.963. The third-order valence-electron chi connectivity index (χ3n) is 2.90. The number of rotatable bonds is 5. The van der Waals surface area contributed by atoms with Gasteiger partial charge in [0.15, 0.2) is 0 Å². The third-order valence-corrected chi connectivity index (χ3v) is 3.13. The van der Waals surface area contributed by atoms with Crippen molar-refractivity contribution in [3.8, 4) is 5.75 Å². The van der Waals surface area contributed by atoms with Gasteiger partial charge in [-0.3, -0.25) is 0 Å². The molecular formula is C17H17ClO3. The van der Waals surface area contributed by atoms with Gasteiger partial charge in [-0.05, 0) is 55.7 Å². The maximum absolute atomic E-state index is 11.4. The van der Waals surface area contributed by atoms with E-state index in [1.54, 1.807) is 25.1 Å². The fourth-order valence-corrected chi connectivity index (χ4v) is 2.12. The normalized spacial score (nSPS) is 14.6. The minimum absolute atomic E-state index is 0.346. The SMILES string of the molecule is CCOC(=O)/C=C/C1=C(Oc2cccc(Cl)c2)C=CCC1. The molecule has 0 aliphatic heterocycles. The largest absolute Gasteiger partial charge is 0.463 e. The maximum atomic E-state index is 11.4. The zero-order valence-electron chi connectivity index (χ0n) is 11.8. The molecule has 1 aliphatic carbocycles. The summed E-state index contributed by atoms with van der Waals surface area (Å²) < 4.78 is 10.7. The standard InChI is InChI=1S/C17H17ClO3/c1-2-20-17(19)11-10-13-6-3-4-9-16(13)21-15-8-5-7-14(18)12-15/h4-5,7-12H,2-3,6H2,1H3/b11-10+. The smallest absolute Gasteiger partial charge is 0.330 e. The van der Waals surface area contributed by atoms with Crippen molar-refractivity contribution in [1.82, 2.24) is 0 Å². The van der Waals surface area contributed by atoms with Gasteiger partial charge in [0.25, 0.3) is 0 Å². The Bertz CT molecular complexity index is 600. The quantitative estimate of drug-likeness (QED) is 0.596. The number of hydrogen-bond acceptors (Lipinski definition) is 3. The van der Waals surface area contributed by atoms with Gasteiger partial charge in [-0.2, -0.15) is 0 Å². The minimum atomic E-state index is -0.346. The van der Waals surface area contributed by atoms with Gasteiger partial charge in [-0.1, -0.05) is 23.7 Å². The summed E-state index contributed by atoms with van der Waals surface area (Å²) in [6.45, 7) is 2.15. The fourth-order valence-electron chi connectivity index (χ4n) is 1.94. The van der Waals surface area contributed by atoms with Gasteiger partial charge in [0.1, 0.15) is 11.5 Å². The van der Waals surface area contributed by atoms with E-state index in [9.17, 15) is 4.79 Å². The van der Waals surface area contributed by atoms with E-state index in [0.29, 0.717) is 17.4 Å². The molecule has 0 N–H and O–H groups in total. The van der Waals surface area contributed by atoms with Crippen LogP contribution in [-0.2, 0) is 9.53 Å². The lowest BCUT2D eigenvalue weighted by Crippen LogP contribution is -2.03. The van der Waals surface area contributed by atoms with Crippen molar-refractivity contribution >= 4 is 17.6 Å². The van der Waals surface area contributed by atoms with Gasteiger partial charge >= 0.3 is 5.97 Å². The first-order valence-corrected chi connectivity index (χ1v) is 7.25. The fraction of sp³-hybridized carbons (Fsp3) is 0.235. The molecule has 4 heteroatoms. The van der Waals surface area contributed by atoms with Crippen LogP contribution < -0.4 is 4.74 Å². The topological polar surface area (TPSA) is 35.5 Å². The summed E-state index contributed by atoms with van der Waals surface area (Å²) in [6, 6.07) is 7.22. The summed E-state index contributed by atoms with van der Waals surface area (Å²) >= 11 is 5.95. The van der Waals surface area contributed by atoms with E-state index in [1.165, 1.54) is 6.08 Å². The number of allylic oxidation sites excluding steroid dienone is 4. The van der Waals surface area contributed by atoms with Gasteiger partial charge in [0.05, 0.1) is 6.61 Å². The Hall–Kier alpha value is -2.00. The second kappa shape index (κ2) is 7.70. The van der Waals surface area contributed by atoms with Crippen LogP contribution in [0.15, 0.2) is 59.9 Å². The highest BCUT2D eigenvalue weighted by molar-refractivity contribution is 6.30. The predicted molar refractivity (Wildman–Crippen MR) is 83.3 cm³/mol. The Morgan fingerprint density at radius 3 is 3.05 bits per heavy atom. The molecule has 0 spiro atoms. The second-order valence-corrected chi connectivity index (χ2v) is 4.91. The Balaban J connectivity index is 2.16. The zero-order chi connectivity index (χ0) is 15.1. The Morgan fingerprint density at radius 2 is 2.29 bits per heavy atom. The number of halogens is 1. The lowest BCUT2D eigenvalue weighted by Gasteiger charge is -2.14. The van der Waals surface area contributed by atoms with Crippen LogP contribution in [0.4, 0.5) is 0 Å². The van der Waals surface area contributed by atoms with E-state index >= 15 is 0 Å². The lowest BCUT2D eigenvalue weighted by atomic mass is 10.0. The van der Waals surface area contributed by atoms with Crippen molar-refractivity contribution in [1.29, 1.82) is 0 Å². The molecule has 2 rings (SSSR count). The minimum Gasteiger partial charge on any atom is -0.463 e. The monoisotopic (exact) mass is 304 g/mol. The summed E-state index contributed by atoms with van der Waals surface area (Å²) in [4.78, 5) is 11.4. The molecular weight excluding hydrogens is 288 g/mol. The van der Waals surface area contributed by atoms with Crippen molar-refractivity contribution < 1.29 is 14.3 Å². The molecule has 0 unspecified atom stereocenters. The Kier molecular flexibility index (Phi) is 5.64. The maximum Gasteiger partial charge on any atom is 0.330 e. The number of carbonyl (C=O) groups excluding carboxylic acids is 1. The van der Waals surface area contributed by atoms with Crippen LogP contribution >= 0.6 is 11.6 Å². The highest BCUT2D eigenvalue weighted by atomic mass is 35.5. The van der Waals surface area contributed by atoms with Gasteiger partial charge in [-0.25, -0.2) is 4.79 Å². The van der Waals surface area contributed by atoms with E-state index in [0.717, 1.165) is 24.2 Å². The van der Waals surface area contributed by atoms with Gasteiger partial charge in [0, 0.05) is 11.1 Å². The Labute approximate surface area is 129 Å². The molecule has 3 nitrogen and oxygen atoms in total. The van der Waals surface area contributed by atoms with Gasteiger partial charge in [0.2, 0.25) is 0 Å². The molecule has 21 heavy (non-hydrogen) atoms. The molecule has 1 aromatic carbocycles. The highest BCUT2D eigenvalue weighted by Crippen LogP contribution is 2.25. The lowest BCUT2D eigenvalue weighted by molar-refractivity contribution is -0.137. The summed E-state index contributed by atoms with van der Waals surface area (Å²) in [5.74, 6) is 1.05. The van der Waals surface area contributed by atoms with Crippen LogP contribution in [0, 0.1) is 0 Å². The molecule has 0 fully saturated rings. The van der Waals surface area contributed by atoms with E-state index < -0.39 is 0 Å². The number of benzene rings is 1. The molecule has 1 aromatic rings. The molecule has 0 amide bonds. The van der Waals surface area contributed by atoms with Crippen LogP contribution in [0.3, 0.4) is 0 Å². The molecule has 110 valence electrons. The highest BCUT2D eigenvalue weighted by Gasteiger charge is 2.09. The predicted octanol–water partition coefficient (Wildman–Crippen LogP) is 4.44. The first kappa shape index (κ1) is 15.4. The van der Waals surface area contributed by atoms with Crippen molar-refractivity contribution in [2.24, 2.45) is 0 Å². The number of carbonyl (C=O) groups is 1. The number of ether oxygens (including phenoxy) is 2. The van der Waals surface area contributed by atoms with E-state index in [1.807, 2.05) is 24.3 Å². The molecule has 0 atom stereocenters. The van der Waals surface area contributed by atoms with Crippen molar-refractivity contribution in [2.45, 2.75) is 19.8 Å². The van der Waals surface area contributed by atoms with Crippen LogP contribution in [-0.4, -0.2) is 12.6 Å². The van der Waals surface area contributed by atoms with Crippen molar-refractivity contribution in [3.05, 3.63) is 64.9 Å². The number of esters is 1. The van der Waals surface area contributed by atoms with Crippen LogP contribution in [0.25, 0.3) is 0 Å². The first-order valence-electron chi connectivity index (χ1n) is 6.87. The molecule has 0 aromatic heterocycles.